The lowest BCUT2D eigenvalue weighted by atomic mass is 9.92. The number of rotatable bonds is 5. The van der Waals surface area contributed by atoms with E-state index in [2.05, 4.69) is 15.8 Å². The normalized spacial score (nSPS) is 25.5. The van der Waals surface area contributed by atoms with Crippen LogP contribution in [0.3, 0.4) is 0 Å². The van der Waals surface area contributed by atoms with E-state index in [1.807, 2.05) is 4.90 Å². The van der Waals surface area contributed by atoms with Crippen LogP contribution < -0.4 is 15.4 Å². The molecule has 0 radical (unpaired) electrons. The summed E-state index contributed by atoms with van der Waals surface area (Å²) in [5.74, 6) is 1.60. The molecule has 7 nitrogen and oxygen atoms in total. The van der Waals surface area contributed by atoms with Crippen molar-refractivity contribution in [1.29, 1.82) is 0 Å². The van der Waals surface area contributed by atoms with E-state index in [0.29, 0.717) is 65.7 Å². The van der Waals surface area contributed by atoms with E-state index in [-0.39, 0.29) is 29.3 Å². The molecule has 0 aliphatic carbocycles. The summed E-state index contributed by atoms with van der Waals surface area (Å²) in [7, 11) is 0. The molecule has 0 spiro atoms. The third kappa shape index (κ3) is 4.79. The molecular formula is C34H34F3N5O2. The molecule has 10 heteroatoms. The maximum absolute atomic E-state index is 16.8. The largest absolute Gasteiger partial charge is 0.461 e. The molecule has 3 aromatic carbocycles. The molecule has 4 aromatic rings. The molecule has 3 aliphatic heterocycles. The van der Waals surface area contributed by atoms with Crippen LogP contribution in [0.5, 0.6) is 6.01 Å². The Morgan fingerprint density at radius 3 is 2.73 bits per heavy atom. The fourth-order valence-corrected chi connectivity index (χ4v) is 7.51. The predicted molar refractivity (Wildman–Crippen MR) is 165 cm³/mol. The van der Waals surface area contributed by atoms with Crippen LogP contribution >= 0.6 is 0 Å². The second-order valence-corrected chi connectivity index (χ2v) is 12.8. The van der Waals surface area contributed by atoms with E-state index in [1.54, 1.807) is 37.3 Å². The van der Waals surface area contributed by atoms with Crippen molar-refractivity contribution >= 4 is 33.2 Å². The Balaban J connectivity index is 1.39. The Hall–Kier alpha value is -4.07. The summed E-state index contributed by atoms with van der Waals surface area (Å²) in [6.07, 6.45) is 8.26. The Kier molecular flexibility index (Phi) is 6.87. The summed E-state index contributed by atoms with van der Waals surface area (Å²) >= 11 is 0. The van der Waals surface area contributed by atoms with Gasteiger partial charge in [0, 0.05) is 48.1 Å². The summed E-state index contributed by atoms with van der Waals surface area (Å²) < 4.78 is 52.2. The molecule has 0 unspecified atom stereocenters. The van der Waals surface area contributed by atoms with E-state index in [1.165, 1.54) is 6.07 Å². The lowest BCUT2D eigenvalue weighted by molar-refractivity contribution is 0.0447. The summed E-state index contributed by atoms with van der Waals surface area (Å²) in [6, 6.07) is 9.39. The van der Waals surface area contributed by atoms with Gasteiger partial charge in [0.05, 0.1) is 16.7 Å². The molecule has 228 valence electrons. The molecule has 0 saturated carbocycles. The summed E-state index contributed by atoms with van der Waals surface area (Å²) in [6.45, 7) is 4.05. The van der Waals surface area contributed by atoms with Crippen LogP contribution in [0.1, 0.15) is 44.6 Å². The number of hydrogen-bond donors (Lipinski definition) is 2. The number of aromatic nitrogens is 2. The zero-order valence-electron chi connectivity index (χ0n) is 24.5. The van der Waals surface area contributed by atoms with E-state index in [0.717, 1.165) is 25.8 Å². The number of halogens is 3. The van der Waals surface area contributed by atoms with E-state index >= 15 is 4.39 Å². The van der Waals surface area contributed by atoms with Crippen molar-refractivity contribution in [2.24, 2.45) is 0 Å². The second-order valence-electron chi connectivity index (χ2n) is 12.8. The van der Waals surface area contributed by atoms with Crippen molar-refractivity contribution in [3.63, 3.8) is 0 Å². The topological polar surface area (TPSA) is 87.7 Å². The average Bonchev–Trinajstić information content (AvgIpc) is 3.51. The van der Waals surface area contributed by atoms with Gasteiger partial charge < -0.3 is 20.5 Å². The van der Waals surface area contributed by atoms with Crippen molar-refractivity contribution in [3.8, 4) is 29.5 Å². The maximum Gasteiger partial charge on any atom is 0.319 e. The van der Waals surface area contributed by atoms with Gasteiger partial charge in [-0.05, 0) is 74.4 Å². The van der Waals surface area contributed by atoms with E-state index in [4.69, 9.17) is 21.9 Å². The molecule has 3 atom stereocenters. The lowest BCUT2D eigenvalue weighted by Crippen LogP contribution is -2.46. The quantitative estimate of drug-likeness (QED) is 0.228. The summed E-state index contributed by atoms with van der Waals surface area (Å²) in [5, 5.41) is 12.3. The van der Waals surface area contributed by atoms with Gasteiger partial charge in [-0.15, -0.1) is 6.42 Å². The van der Waals surface area contributed by atoms with Crippen LogP contribution in [0, 0.1) is 24.0 Å². The third-order valence-corrected chi connectivity index (χ3v) is 9.50. The molecule has 7 rings (SSSR count). The van der Waals surface area contributed by atoms with Gasteiger partial charge >= 0.3 is 6.01 Å². The van der Waals surface area contributed by atoms with Gasteiger partial charge in [-0.2, -0.15) is 9.97 Å². The monoisotopic (exact) mass is 601 g/mol. The Morgan fingerprint density at radius 2 is 1.93 bits per heavy atom. The van der Waals surface area contributed by atoms with Gasteiger partial charge in [0.2, 0.25) is 0 Å². The summed E-state index contributed by atoms with van der Waals surface area (Å²) in [4.78, 5) is 13.3. The molecule has 3 saturated heterocycles. The van der Waals surface area contributed by atoms with Crippen LogP contribution in [0.4, 0.5) is 24.7 Å². The fourth-order valence-electron chi connectivity index (χ4n) is 7.51. The van der Waals surface area contributed by atoms with Crippen molar-refractivity contribution in [2.45, 2.75) is 56.3 Å². The molecule has 44 heavy (non-hydrogen) atoms. The minimum Gasteiger partial charge on any atom is -0.461 e. The summed E-state index contributed by atoms with van der Waals surface area (Å²) in [5.41, 5.74) is 5.70. The number of β-amino-alcohol motifs (C(OH)–C–C–N with tert-alkyl or cyclic N) is 1. The highest BCUT2D eigenvalue weighted by molar-refractivity contribution is 6.04. The zero-order chi connectivity index (χ0) is 30.8. The number of nitrogens with zero attached hydrogens (tertiary/aromatic N) is 4. The molecule has 3 N–H and O–H groups in total. The molecule has 0 amide bonds. The highest BCUT2D eigenvalue weighted by Crippen LogP contribution is 2.42. The van der Waals surface area contributed by atoms with Gasteiger partial charge in [-0.1, -0.05) is 18.1 Å². The molecule has 0 bridgehead atoms. The first kappa shape index (κ1) is 28.7. The second kappa shape index (κ2) is 10.5. The Bertz CT molecular complexity index is 1840. The van der Waals surface area contributed by atoms with E-state index in [9.17, 15) is 13.9 Å². The van der Waals surface area contributed by atoms with Gasteiger partial charge in [0.1, 0.15) is 29.9 Å². The SMILES string of the molecule is C#Cc1c(F)ccc2cc(N)cc(-c3ccc4c(N5CCC[C@@](C)(O)C5)nc(OC[C@@]56CCCN5C[C@H](F)C6)nc4c3F)c12. The number of hydrogen-bond acceptors (Lipinski definition) is 7. The highest BCUT2D eigenvalue weighted by Gasteiger charge is 2.49. The highest BCUT2D eigenvalue weighted by atomic mass is 19.1. The zero-order valence-corrected chi connectivity index (χ0v) is 24.5. The molecule has 3 fully saturated rings. The Morgan fingerprint density at radius 1 is 1.11 bits per heavy atom. The van der Waals surface area contributed by atoms with Gasteiger partial charge in [0.25, 0.3) is 0 Å². The smallest absolute Gasteiger partial charge is 0.319 e. The van der Waals surface area contributed by atoms with Crippen molar-refractivity contribution in [1.82, 2.24) is 14.9 Å². The van der Waals surface area contributed by atoms with E-state index < -0.39 is 28.9 Å². The predicted octanol–water partition coefficient (Wildman–Crippen LogP) is 5.60. The molecule has 1 aromatic heterocycles. The number of nitrogen functional groups attached to an aromatic ring is 1. The average molecular weight is 602 g/mol. The number of aliphatic hydroxyl groups is 1. The van der Waals surface area contributed by atoms with Crippen LogP contribution in [0.2, 0.25) is 0 Å². The fraction of sp³-hybridized carbons (Fsp3) is 0.412. The van der Waals surface area contributed by atoms with Gasteiger partial charge in [0.15, 0.2) is 5.82 Å². The number of ether oxygens (including phenoxy) is 1. The first-order valence-electron chi connectivity index (χ1n) is 15.1. The molecule has 4 heterocycles. The van der Waals surface area contributed by atoms with Gasteiger partial charge in [-0.25, -0.2) is 13.2 Å². The standard InChI is InChI=1S/C34H34F3N5O2/c1-3-23-27(36)9-6-20-14-22(38)15-26(28(20)23)24-7-8-25-30(29(24)37)39-32(40-31(25)41-12-4-10-33(2,43)18-41)44-19-34-11-5-13-42(34)17-21(35)16-34/h1,6-9,14-15,21,43H,4-5,10-13,16-19,38H2,2H3/t21-,33-,34+/m1/s1. The number of nitrogens with two attached hydrogens (primary N) is 1. The van der Waals surface area contributed by atoms with Crippen LogP contribution in [-0.4, -0.2) is 70.1 Å². The maximum atomic E-state index is 16.8. The lowest BCUT2D eigenvalue weighted by Gasteiger charge is -2.38. The van der Waals surface area contributed by atoms with Crippen molar-refractivity contribution in [2.75, 3.05) is 43.4 Å². The molecular weight excluding hydrogens is 567 g/mol. The Labute approximate surface area is 253 Å². The number of anilines is 2. The van der Waals surface area contributed by atoms with Crippen LogP contribution in [0.25, 0.3) is 32.8 Å². The van der Waals surface area contributed by atoms with Gasteiger partial charge in [-0.3, -0.25) is 4.90 Å². The van der Waals surface area contributed by atoms with Crippen molar-refractivity contribution in [3.05, 3.63) is 53.6 Å². The third-order valence-electron chi connectivity index (χ3n) is 9.50. The number of benzene rings is 3. The number of piperidine rings is 1. The van der Waals surface area contributed by atoms with Crippen molar-refractivity contribution < 1.29 is 23.0 Å². The first-order chi connectivity index (χ1) is 21.1. The first-order valence-corrected chi connectivity index (χ1v) is 15.1. The minimum absolute atomic E-state index is 0.0116. The van der Waals surface area contributed by atoms with Crippen LogP contribution in [-0.2, 0) is 0 Å². The minimum atomic E-state index is -0.950. The number of fused-ring (bicyclic) bond motifs is 3. The number of terminal acetylenes is 1. The number of alkyl halides is 1. The van der Waals surface area contributed by atoms with Crippen LogP contribution in [0.15, 0.2) is 36.4 Å². The molecule has 3 aliphatic rings.